The van der Waals surface area contributed by atoms with Gasteiger partial charge in [-0.3, -0.25) is 4.79 Å². The summed E-state index contributed by atoms with van der Waals surface area (Å²) in [4.78, 5) is 12.8. The molecular weight excluding hydrogens is 364 g/mol. The molecule has 1 heterocycles. The first-order valence-electron chi connectivity index (χ1n) is 9.57. The van der Waals surface area contributed by atoms with Crippen molar-refractivity contribution in [1.82, 2.24) is 9.62 Å². The number of piperidine rings is 1. The number of carbonyl (C=O) groups excluding carboxylic acids is 1. The normalized spacial score (nSPS) is 19.0. The van der Waals surface area contributed by atoms with E-state index in [0.29, 0.717) is 32.5 Å². The van der Waals surface area contributed by atoms with Crippen molar-refractivity contribution in [3.63, 3.8) is 0 Å². The zero-order chi connectivity index (χ0) is 20.1. The fraction of sp³-hybridized carbons (Fsp3) is 0.650. The minimum Gasteiger partial charge on any atom is -0.385 e. The van der Waals surface area contributed by atoms with Crippen LogP contribution in [0.15, 0.2) is 29.2 Å². The lowest BCUT2D eigenvalue weighted by Gasteiger charge is -2.33. The summed E-state index contributed by atoms with van der Waals surface area (Å²) in [6.07, 6.45) is 2.88. The summed E-state index contributed by atoms with van der Waals surface area (Å²) >= 11 is 0. The first-order valence-corrected chi connectivity index (χ1v) is 11.0. The molecule has 0 spiro atoms. The van der Waals surface area contributed by atoms with E-state index >= 15 is 0 Å². The molecule has 6 nitrogen and oxygen atoms in total. The highest BCUT2D eigenvalue weighted by Crippen LogP contribution is 2.28. The van der Waals surface area contributed by atoms with Crippen LogP contribution in [0.5, 0.6) is 0 Å². The van der Waals surface area contributed by atoms with E-state index in [1.807, 2.05) is 12.1 Å². The maximum atomic E-state index is 13.2. The molecule has 1 aromatic rings. The highest BCUT2D eigenvalue weighted by Gasteiger charge is 2.37. The van der Waals surface area contributed by atoms with Gasteiger partial charge in [0.15, 0.2) is 0 Å². The largest absolute Gasteiger partial charge is 0.385 e. The molecule has 1 N–H and O–H groups in total. The van der Waals surface area contributed by atoms with Gasteiger partial charge in [-0.25, -0.2) is 8.42 Å². The predicted molar refractivity (Wildman–Crippen MR) is 106 cm³/mol. The van der Waals surface area contributed by atoms with E-state index in [4.69, 9.17) is 4.74 Å². The van der Waals surface area contributed by atoms with Gasteiger partial charge < -0.3 is 10.1 Å². The summed E-state index contributed by atoms with van der Waals surface area (Å²) in [5.74, 6) is -0.222. The number of ether oxygens (including phenoxy) is 1. The summed E-state index contributed by atoms with van der Waals surface area (Å²) in [5, 5.41) is 2.84. The summed E-state index contributed by atoms with van der Waals surface area (Å²) in [6, 6.07) is 6.37. The van der Waals surface area contributed by atoms with Gasteiger partial charge in [0.1, 0.15) is 6.04 Å². The lowest BCUT2D eigenvalue weighted by molar-refractivity contribution is -0.125. The molecule has 1 aromatic carbocycles. The van der Waals surface area contributed by atoms with Crippen LogP contribution in [0.3, 0.4) is 0 Å². The molecule has 0 bridgehead atoms. The van der Waals surface area contributed by atoms with Gasteiger partial charge in [-0.15, -0.1) is 0 Å². The van der Waals surface area contributed by atoms with E-state index in [0.717, 1.165) is 18.4 Å². The molecule has 1 amide bonds. The van der Waals surface area contributed by atoms with Gasteiger partial charge in [-0.1, -0.05) is 39.3 Å². The Labute approximate surface area is 163 Å². The molecule has 27 heavy (non-hydrogen) atoms. The molecule has 0 radical (unpaired) electrons. The van der Waals surface area contributed by atoms with Gasteiger partial charge in [0.25, 0.3) is 0 Å². The lowest BCUT2D eigenvalue weighted by atomic mass is 9.87. The number of rotatable bonds is 7. The van der Waals surface area contributed by atoms with E-state index in [1.54, 1.807) is 19.2 Å². The van der Waals surface area contributed by atoms with Crippen molar-refractivity contribution in [2.75, 3.05) is 26.8 Å². The average Bonchev–Trinajstić information content (AvgIpc) is 2.64. The average molecular weight is 397 g/mol. The number of sulfonamides is 1. The maximum absolute atomic E-state index is 13.2. The number of benzene rings is 1. The lowest BCUT2D eigenvalue weighted by Crippen LogP contribution is -2.52. The van der Waals surface area contributed by atoms with Crippen LogP contribution in [0.25, 0.3) is 0 Å². The molecule has 152 valence electrons. The quantitative estimate of drug-likeness (QED) is 0.719. The van der Waals surface area contributed by atoms with E-state index in [2.05, 4.69) is 26.1 Å². The number of nitrogens with zero attached hydrogens (tertiary/aromatic N) is 1. The predicted octanol–water partition coefficient (Wildman–Crippen LogP) is 2.68. The number of carbonyl (C=O) groups is 1. The first kappa shape index (κ1) is 21.9. The SMILES string of the molecule is COCCCNC(=O)[C@H]1CCCCN1S(=O)(=O)c1ccc(C(C)(C)C)cc1. The second kappa shape index (κ2) is 9.17. The van der Waals surface area contributed by atoms with Gasteiger partial charge in [0.05, 0.1) is 4.90 Å². The van der Waals surface area contributed by atoms with Crippen molar-refractivity contribution >= 4 is 15.9 Å². The molecule has 2 rings (SSSR count). The Morgan fingerprint density at radius 2 is 1.89 bits per heavy atom. The summed E-state index contributed by atoms with van der Waals surface area (Å²) < 4.78 is 32.7. The third-order valence-corrected chi connectivity index (χ3v) is 6.83. The third-order valence-electron chi connectivity index (χ3n) is 4.91. The molecule has 0 saturated carbocycles. The molecular formula is C20H32N2O4S. The van der Waals surface area contributed by atoms with Gasteiger partial charge in [0, 0.05) is 26.8 Å². The minimum absolute atomic E-state index is 0.0436. The van der Waals surface area contributed by atoms with E-state index in [9.17, 15) is 13.2 Å². The Hall–Kier alpha value is -1.44. The number of amides is 1. The molecule has 0 aromatic heterocycles. The molecule has 1 aliphatic heterocycles. The van der Waals surface area contributed by atoms with Crippen LogP contribution in [0.2, 0.25) is 0 Å². The van der Waals surface area contributed by atoms with Crippen LogP contribution in [-0.2, 0) is 25.0 Å². The van der Waals surface area contributed by atoms with Crippen molar-refractivity contribution in [1.29, 1.82) is 0 Å². The van der Waals surface area contributed by atoms with Crippen molar-refractivity contribution in [2.24, 2.45) is 0 Å². The molecule has 7 heteroatoms. The highest BCUT2D eigenvalue weighted by atomic mass is 32.2. The van der Waals surface area contributed by atoms with Gasteiger partial charge >= 0.3 is 0 Å². The Bertz CT molecular complexity index is 723. The fourth-order valence-corrected chi connectivity index (χ4v) is 4.92. The van der Waals surface area contributed by atoms with Crippen LogP contribution in [0.4, 0.5) is 0 Å². The Morgan fingerprint density at radius 3 is 2.48 bits per heavy atom. The Kier molecular flexibility index (Phi) is 7.42. The Balaban J connectivity index is 2.17. The van der Waals surface area contributed by atoms with Gasteiger partial charge in [0.2, 0.25) is 15.9 Å². The minimum atomic E-state index is -3.71. The molecule has 1 aliphatic rings. The molecule has 0 unspecified atom stereocenters. The number of methoxy groups -OCH3 is 1. The molecule has 1 fully saturated rings. The monoisotopic (exact) mass is 396 g/mol. The topological polar surface area (TPSA) is 75.7 Å². The maximum Gasteiger partial charge on any atom is 0.243 e. The zero-order valence-corrected chi connectivity index (χ0v) is 17.6. The van der Waals surface area contributed by atoms with Crippen LogP contribution < -0.4 is 5.32 Å². The Morgan fingerprint density at radius 1 is 1.22 bits per heavy atom. The van der Waals surface area contributed by atoms with E-state index in [-0.39, 0.29) is 16.2 Å². The van der Waals surface area contributed by atoms with Crippen molar-refractivity contribution in [3.05, 3.63) is 29.8 Å². The van der Waals surface area contributed by atoms with Crippen LogP contribution in [-0.4, -0.2) is 51.5 Å². The van der Waals surface area contributed by atoms with Crippen LogP contribution in [0.1, 0.15) is 52.0 Å². The van der Waals surface area contributed by atoms with Gasteiger partial charge in [-0.2, -0.15) is 4.31 Å². The van der Waals surface area contributed by atoms with Crippen molar-refractivity contribution in [2.45, 2.75) is 62.8 Å². The second-order valence-electron chi connectivity index (χ2n) is 8.04. The number of hydrogen-bond acceptors (Lipinski definition) is 4. The second-order valence-corrected chi connectivity index (χ2v) is 9.93. The van der Waals surface area contributed by atoms with Crippen LogP contribution >= 0.6 is 0 Å². The molecule has 0 aliphatic carbocycles. The van der Waals surface area contributed by atoms with Crippen molar-refractivity contribution < 1.29 is 17.9 Å². The number of hydrogen-bond donors (Lipinski definition) is 1. The van der Waals surface area contributed by atoms with Crippen molar-refractivity contribution in [3.8, 4) is 0 Å². The number of nitrogens with one attached hydrogen (secondary N) is 1. The summed E-state index contributed by atoms with van der Waals surface area (Å²) in [6.45, 7) is 7.69. The zero-order valence-electron chi connectivity index (χ0n) is 16.8. The smallest absolute Gasteiger partial charge is 0.243 e. The standard InChI is InChI=1S/C20H32N2O4S/c1-20(2,3)16-9-11-17(12-10-16)27(24,25)22-14-6-5-8-18(22)19(23)21-13-7-15-26-4/h9-12,18H,5-8,13-15H2,1-4H3,(H,21,23)/t18-/m1/s1. The molecule has 1 atom stereocenters. The van der Waals surface area contributed by atoms with Crippen LogP contribution in [0, 0.1) is 0 Å². The summed E-state index contributed by atoms with van der Waals surface area (Å²) in [5.41, 5.74) is 1.03. The highest BCUT2D eigenvalue weighted by molar-refractivity contribution is 7.89. The van der Waals surface area contributed by atoms with E-state index < -0.39 is 16.1 Å². The van der Waals surface area contributed by atoms with E-state index in [1.165, 1.54) is 4.31 Å². The fourth-order valence-electron chi connectivity index (χ4n) is 3.26. The van der Waals surface area contributed by atoms with Gasteiger partial charge in [-0.05, 0) is 42.4 Å². The molecule has 1 saturated heterocycles. The first-order chi connectivity index (χ1) is 12.7. The summed E-state index contributed by atoms with van der Waals surface area (Å²) in [7, 11) is -2.09. The third kappa shape index (κ3) is 5.53.